The Morgan fingerprint density at radius 2 is 2.00 bits per heavy atom. The number of ether oxygens (including phenoxy) is 2. The number of hydrogen-bond donors (Lipinski definition) is 0. The summed E-state index contributed by atoms with van der Waals surface area (Å²) in [6, 6.07) is 13.7. The monoisotopic (exact) mass is 331 g/mol. The third-order valence-electron chi connectivity index (χ3n) is 3.29. The lowest BCUT2D eigenvalue weighted by atomic mass is 10.2. The maximum atomic E-state index is 11.8. The van der Waals surface area contributed by atoms with Gasteiger partial charge in [-0.05, 0) is 36.8 Å². The molecule has 0 aliphatic heterocycles. The highest BCUT2D eigenvalue weighted by molar-refractivity contribution is 7.98. The molecule has 1 unspecified atom stereocenters. The summed E-state index contributed by atoms with van der Waals surface area (Å²) in [7, 11) is 1.65. The predicted molar refractivity (Wildman–Crippen MR) is 92.5 cm³/mol. The maximum absolute atomic E-state index is 11.8. The smallest absolute Gasteiger partial charge is 0.307 e. The molecule has 0 N–H and O–H groups in total. The van der Waals surface area contributed by atoms with Crippen LogP contribution in [0.4, 0.5) is 0 Å². The van der Waals surface area contributed by atoms with Gasteiger partial charge in [0.25, 0.3) is 0 Å². The lowest BCUT2D eigenvalue weighted by Crippen LogP contribution is -2.09. The molecule has 5 heteroatoms. The van der Waals surface area contributed by atoms with Gasteiger partial charge in [0.05, 0.1) is 31.1 Å². The van der Waals surface area contributed by atoms with Gasteiger partial charge >= 0.3 is 5.97 Å². The Morgan fingerprint density at radius 3 is 2.61 bits per heavy atom. The standard InChI is InChI=1S/C18H21NO3S/c1-3-22-18(20)12-17(16-6-4-5-11-19-16)23-13-14-7-9-15(21-2)10-8-14/h4-11,17H,3,12-13H2,1-2H3. The zero-order chi connectivity index (χ0) is 16.5. The van der Waals surface area contributed by atoms with Crippen LogP contribution < -0.4 is 4.74 Å². The normalized spacial score (nSPS) is 11.7. The van der Waals surface area contributed by atoms with Crippen LogP contribution in [0.3, 0.4) is 0 Å². The predicted octanol–water partition coefficient (Wildman–Crippen LogP) is 4.02. The number of esters is 1. The first-order valence-electron chi connectivity index (χ1n) is 7.54. The fraction of sp³-hybridized carbons (Fsp3) is 0.333. The summed E-state index contributed by atoms with van der Waals surface area (Å²) in [5, 5.41) is -0.0163. The van der Waals surface area contributed by atoms with Crippen molar-refractivity contribution >= 4 is 17.7 Å². The first kappa shape index (κ1) is 17.3. The average molecular weight is 331 g/mol. The number of benzene rings is 1. The van der Waals surface area contributed by atoms with Gasteiger partial charge in [-0.15, -0.1) is 11.8 Å². The van der Waals surface area contributed by atoms with E-state index in [1.54, 1.807) is 25.1 Å². The van der Waals surface area contributed by atoms with E-state index in [-0.39, 0.29) is 11.2 Å². The Hall–Kier alpha value is -2.01. The van der Waals surface area contributed by atoms with Crippen molar-refractivity contribution in [3.05, 3.63) is 59.9 Å². The van der Waals surface area contributed by atoms with Crippen molar-refractivity contribution < 1.29 is 14.3 Å². The minimum Gasteiger partial charge on any atom is -0.497 e. The van der Waals surface area contributed by atoms with Crippen molar-refractivity contribution in [3.63, 3.8) is 0 Å². The zero-order valence-corrected chi connectivity index (χ0v) is 14.2. The summed E-state index contributed by atoms with van der Waals surface area (Å²) in [6.07, 6.45) is 2.08. The molecule has 0 amide bonds. The van der Waals surface area contributed by atoms with E-state index in [1.165, 1.54) is 5.56 Å². The Bertz CT molecular complexity index is 601. The van der Waals surface area contributed by atoms with E-state index in [0.29, 0.717) is 13.0 Å². The fourth-order valence-electron chi connectivity index (χ4n) is 2.11. The van der Waals surface area contributed by atoms with Crippen molar-refractivity contribution in [1.82, 2.24) is 4.98 Å². The number of carbonyl (C=O) groups is 1. The molecule has 0 saturated carbocycles. The highest BCUT2D eigenvalue weighted by Crippen LogP contribution is 2.34. The molecule has 0 saturated heterocycles. The summed E-state index contributed by atoms with van der Waals surface area (Å²) in [5.74, 6) is 1.45. The number of aromatic nitrogens is 1. The Kier molecular flexibility index (Phi) is 6.94. The number of pyridine rings is 1. The molecule has 122 valence electrons. The minimum atomic E-state index is -0.189. The second-order valence-corrected chi connectivity index (χ2v) is 6.10. The largest absolute Gasteiger partial charge is 0.497 e. The lowest BCUT2D eigenvalue weighted by molar-refractivity contribution is -0.143. The van der Waals surface area contributed by atoms with E-state index in [2.05, 4.69) is 4.98 Å². The van der Waals surface area contributed by atoms with Crippen LogP contribution >= 0.6 is 11.8 Å². The molecule has 0 fully saturated rings. The second-order valence-electron chi connectivity index (χ2n) is 4.91. The SMILES string of the molecule is CCOC(=O)CC(SCc1ccc(OC)cc1)c1ccccn1. The first-order chi connectivity index (χ1) is 11.2. The first-order valence-corrected chi connectivity index (χ1v) is 8.59. The molecule has 4 nitrogen and oxygen atoms in total. The van der Waals surface area contributed by atoms with Crippen molar-refractivity contribution in [2.45, 2.75) is 24.3 Å². The molecule has 2 aromatic rings. The second kappa shape index (κ2) is 9.20. The zero-order valence-electron chi connectivity index (χ0n) is 13.4. The van der Waals surface area contributed by atoms with Crippen LogP contribution in [0.25, 0.3) is 0 Å². The van der Waals surface area contributed by atoms with Crippen molar-refractivity contribution in [2.24, 2.45) is 0 Å². The Balaban J connectivity index is 2.03. The molecule has 2 rings (SSSR count). The van der Waals surface area contributed by atoms with Crippen molar-refractivity contribution in [1.29, 1.82) is 0 Å². The van der Waals surface area contributed by atoms with Gasteiger partial charge in [-0.3, -0.25) is 9.78 Å². The molecule has 0 spiro atoms. The Labute approximate surface area is 141 Å². The van der Waals surface area contributed by atoms with Gasteiger partial charge in [0, 0.05) is 11.9 Å². The van der Waals surface area contributed by atoms with E-state index < -0.39 is 0 Å². The topological polar surface area (TPSA) is 48.4 Å². The molecule has 0 aliphatic carbocycles. The van der Waals surface area contributed by atoms with Gasteiger partial charge in [0.15, 0.2) is 0 Å². The molecular weight excluding hydrogens is 310 g/mol. The molecule has 23 heavy (non-hydrogen) atoms. The number of carbonyl (C=O) groups excluding carboxylic acids is 1. The maximum Gasteiger partial charge on any atom is 0.307 e. The van der Waals surface area contributed by atoms with E-state index in [0.717, 1.165) is 17.2 Å². The van der Waals surface area contributed by atoms with Gasteiger partial charge in [-0.2, -0.15) is 0 Å². The number of rotatable bonds is 8. The third-order valence-corrected chi connectivity index (χ3v) is 4.60. The lowest BCUT2D eigenvalue weighted by Gasteiger charge is -2.15. The van der Waals surface area contributed by atoms with Gasteiger partial charge < -0.3 is 9.47 Å². The molecule has 1 aromatic carbocycles. The van der Waals surface area contributed by atoms with Crippen LogP contribution in [-0.4, -0.2) is 24.7 Å². The number of methoxy groups -OCH3 is 1. The van der Waals surface area contributed by atoms with Crippen LogP contribution in [-0.2, 0) is 15.3 Å². The average Bonchev–Trinajstić information content (AvgIpc) is 2.60. The molecule has 0 aliphatic rings. The molecular formula is C18H21NO3S. The van der Waals surface area contributed by atoms with Gasteiger partial charge in [0.2, 0.25) is 0 Å². The van der Waals surface area contributed by atoms with Gasteiger partial charge in [0.1, 0.15) is 5.75 Å². The molecule has 1 heterocycles. The summed E-state index contributed by atoms with van der Waals surface area (Å²) in [5.41, 5.74) is 2.08. The van der Waals surface area contributed by atoms with E-state index >= 15 is 0 Å². The van der Waals surface area contributed by atoms with Crippen LogP contribution in [0, 0.1) is 0 Å². The van der Waals surface area contributed by atoms with Crippen molar-refractivity contribution in [2.75, 3.05) is 13.7 Å². The fourth-order valence-corrected chi connectivity index (χ4v) is 3.26. The molecule has 0 radical (unpaired) electrons. The van der Waals surface area contributed by atoms with Crippen LogP contribution in [0.5, 0.6) is 5.75 Å². The van der Waals surface area contributed by atoms with Gasteiger partial charge in [-0.25, -0.2) is 0 Å². The number of nitrogens with zero attached hydrogens (tertiary/aromatic N) is 1. The summed E-state index contributed by atoms with van der Waals surface area (Å²) in [4.78, 5) is 16.2. The summed E-state index contributed by atoms with van der Waals surface area (Å²) >= 11 is 1.69. The number of hydrogen-bond acceptors (Lipinski definition) is 5. The summed E-state index contributed by atoms with van der Waals surface area (Å²) < 4.78 is 10.2. The molecule has 1 aromatic heterocycles. The van der Waals surface area contributed by atoms with E-state index in [1.807, 2.05) is 49.4 Å². The third kappa shape index (κ3) is 5.60. The highest BCUT2D eigenvalue weighted by atomic mass is 32.2. The van der Waals surface area contributed by atoms with E-state index in [4.69, 9.17) is 9.47 Å². The summed E-state index contributed by atoms with van der Waals surface area (Å²) in [6.45, 7) is 2.22. The minimum absolute atomic E-state index is 0.0163. The van der Waals surface area contributed by atoms with Crippen LogP contribution in [0.2, 0.25) is 0 Å². The highest BCUT2D eigenvalue weighted by Gasteiger charge is 2.18. The quantitative estimate of drug-likeness (QED) is 0.684. The number of thioether (sulfide) groups is 1. The molecule has 1 atom stereocenters. The van der Waals surface area contributed by atoms with Crippen molar-refractivity contribution in [3.8, 4) is 5.75 Å². The van der Waals surface area contributed by atoms with Crippen LogP contribution in [0.15, 0.2) is 48.7 Å². The van der Waals surface area contributed by atoms with Gasteiger partial charge in [-0.1, -0.05) is 18.2 Å². The Morgan fingerprint density at radius 1 is 1.22 bits per heavy atom. The van der Waals surface area contributed by atoms with Crippen LogP contribution in [0.1, 0.15) is 29.9 Å². The molecule has 0 bridgehead atoms. The van der Waals surface area contributed by atoms with E-state index in [9.17, 15) is 4.79 Å².